The van der Waals surface area contributed by atoms with Crippen LogP contribution in [0.3, 0.4) is 0 Å². The quantitative estimate of drug-likeness (QED) is 0.430. The van der Waals surface area contributed by atoms with Crippen LogP contribution in [0.1, 0.15) is 13.8 Å². The summed E-state index contributed by atoms with van der Waals surface area (Å²) >= 11 is 0. The molecule has 0 amide bonds. The van der Waals surface area contributed by atoms with E-state index in [1.807, 2.05) is 13.8 Å². The van der Waals surface area contributed by atoms with Gasteiger partial charge in [0.25, 0.3) is 0 Å². The van der Waals surface area contributed by atoms with Crippen LogP contribution in [-0.4, -0.2) is 26.4 Å². The minimum atomic E-state index is 0.621. The van der Waals surface area contributed by atoms with Crippen LogP contribution in [0.25, 0.3) is 0 Å². The molecule has 0 saturated heterocycles. The van der Waals surface area contributed by atoms with Gasteiger partial charge in [-0.05, 0) is 13.8 Å². The second kappa shape index (κ2) is 7.07. The van der Waals surface area contributed by atoms with Gasteiger partial charge >= 0.3 is 0 Å². The van der Waals surface area contributed by atoms with E-state index >= 15 is 0 Å². The molecule has 0 aliphatic heterocycles. The predicted molar refractivity (Wildman–Crippen MR) is 51.3 cm³/mol. The van der Waals surface area contributed by atoms with Crippen LogP contribution in [0, 0.1) is 0 Å². The standard InChI is InChI=1S/C10H18O2/c1-9(2)7-11-5-6-12-8-10(3)4/h1,3,5-8H2,2,4H3. The van der Waals surface area contributed by atoms with E-state index in [2.05, 4.69) is 13.2 Å². The first kappa shape index (κ1) is 11.4. The number of hydrogen-bond acceptors (Lipinski definition) is 2. The summed E-state index contributed by atoms with van der Waals surface area (Å²) in [6.45, 7) is 13.8. The highest BCUT2D eigenvalue weighted by Crippen LogP contribution is 1.90. The molecule has 0 aromatic rings. The normalized spacial score (nSPS) is 9.83. The van der Waals surface area contributed by atoms with E-state index < -0.39 is 0 Å². The molecule has 0 spiro atoms. The topological polar surface area (TPSA) is 18.5 Å². The van der Waals surface area contributed by atoms with Gasteiger partial charge in [0, 0.05) is 0 Å². The van der Waals surface area contributed by atoms with Gasteiger partial charge in [-0.25, -0.2) is 0 Å². The molecule has 12 heavy (non-hydrogen) atoms. The molecule has 70 valence electrons. The molecule has 0 fully saturated rings. The Kier molecular flexibility index (Phi) is 6.72. The van der Waals surface area contributed by atoms with Gasteiger partial charge in [0.2, 0.25) is 0 Å². The molecule has 0 aliphatic rings. The average molecular weight is 170 g/mol. The Morgan fingerprint density at radius 2 is 1.25 bits per heavy atom. The third-order valence-corrected chi connectivity index (χ3v) is 1.07. The van der Waals surface area contributed by atoms with Gasteiger partial charge in [0.05, 0.1) is 26.4 Å². The van der Waals surface area contributed by atoms with Crippen LogP contribution in [-0.2, 0) is 9.47 Å². The molecule has 0 heterocycles. The molecule has 0 aromatic carbocycles. The van der Waals surface area contributed by atoms with Crippen molar-refractivity contribution in [2.75, 3.05) is 26.4 Å². The first-order valence-corrected chi connectivity index (χ1v) is 4.07. The van der Waals surface area contributed by atoms with Crippen molar-refractivity contribution < 1.29 is 9.47 Å². The Hall–Kier alpha value is -0.600. The lowest BCUT2D eigenvalue weighted by atomic mass is 10.4. The highest BCUT2D eigenvalue weighted by molar-refractivity contribution is 4.88. The van der Waals surface area contributed by atoms with Gasteiger partial charge in [-0.15, -0.1) is 0 Å². The zero-order valence-electron chi connectivity index (χ0n) is 8.06. The fraction of sp³-hybridized carbons (Fsp3) is 0.600. The van der Waals surface area contributed by atoms with Crippen molar-refractivity contribution in [1.29, 1.82) is 0 Å². The maximum absolute atomic E-state index is 5.22. The molecule has 0 aromatic heterocycles. The van der Waals surface area contributed by atoms with Gasteiger partial charge in [-0.3, -0.25) is 0 Å². The maximum atomic E-state index is 5.22. The first-order chi connectivity index (χ1) is 5.63. The number of rotatable bonds is 7. The summed E-state index contributed by atoms with van der Waals surface area (Å²) < 4.78 is 10.4. The first-order valence-electron chi connectivity index (χ1n) is 4.07. The van der Waals surface area contributed by atoms with E-state index in [0.29, 0.717) is 26.4 Å². The maximum Gasteiger partial charge on any atom is 0.0705 e. The average Bonchev–Trinajstić information content (AvgIpc) is 1.95. The van der Waals surface area contributed by atoms with E-state index in [1.165, 1.54) is 0 Å². The largest absolute Gasteiger partial charge is 0.375 e. The molecule has 0 N–H and O–H groups in total. The van der Waals surface area contributed by atoms with Crippen molar-refractivity contribution >= 4 is 0 Å². The van der Waals surface area contributed by atoms with Gasteiger partial charge in [-0.2, -0.15) is 0 Å². The Labute approximate surface area is 74.9 Å². The molecule has 2 nitrogen and oxygen atoms in total. The monoisotopic (exact) mass is 170 g/mol. The number of hydrogen-bond donors (Lipinski definition) is 0. The molecular formula is C10H18O2. The van der Waals surface area contributed by atoms with Crippen molar-refractivity contribution in [3.63, 3.8) is 0 Å². The summed E-state index contributed by atoms with van der Waals surface area (Å²) in [6, 6.07) is 0. The number of ether oxygens (including phenoxy) is 2. The van der Waals surface area contributed by atoms with Crippen molar-refractivity contribution in [1.82, 2.24) is 0 Å². The highest BCUT2D eigenvalue weighted by Gasteiger charge is 1.89. The van der Waals surface area contributed by atoms with E-state index in [9.17, 15) is 0 Å². The zero-order valence-corrected chi connectivity index (χ0v) is 8.06. The molecule has 0 saturated carbocycles. The summed E-state index contributed by atoms with van der Waals surface area (Å²) in [4.78, 5) is 0. The van der Waals surface area contributed by atoms with Gasteiger partial charge in [-0.1, -0.05) is 24.3 Å². The fourth-order valence-electron chi connectivity index (χ4n) is 0.611. The molecule has 0 unspecified atom stereocenters. The van der Waals surface area contributed by atoms with Crippen molar-refractivity contribution in [2.45, 2.75) is 13.8 Å². The van der Waals surface area contributed by atoms with Gasteiger partial charge in [0.15, 0.2) is 0 Å². The third kappa shape index (κ3) is 9.40. The summed E-state index contributed by atoms with van der Waals surface area (Å²) in [5.41, 5.74) is 2.07. The third-order valence-electron chi connectivity index (χ3n) is 1.07. The van der Waals surface area contributed by atoms with Crippen LogP contribution in [0.2, 0.25) is 0 Å². The lowest BCUT2D eigenvalue weighted by molar-refractivity contribution is 0.0661. The Morgan fingerprint density at radius 3 is 1.50 bits per heavy atom. The summed E-state index contributed by atoms with van der Waals surface area (Å²) in [7, 11) is 0. The molecule has 2 heteroatoms. The van der Waals surface area contributed by atoms with Crippen LogP contribution in [0.15, 0.2) is 24.3 Å². The minimum absolute atomic E-state index is 0.621. The van der Waals surface area contributed by atoms with Gasteiger partial charge < -0.3 is 9.47 Å². The lowest BCUT2D eigenvalue weighted by Crippen LogP contribution is -2.06. The smallest absolute Gasteiger partial charge is 0.0705 e. The van der Waals surface area contributed by atoms with E-state index in [-0.39, 0.29) is 0 Å². The lowest BCUT2D eigenvalue weighted by Gasteiger charge is -2.04. The second-order valence-electron chi connectivity index (χ2n) is 3.02. The van der Waals surface area contributed by atoms with E-state index in [4.69, 9.17) is 9.47 Å². The van der Waals surface area contributed by atoms with Crippen LogP contribution >= 0.6 is 0 Å². The molecular weight excluding hydrogens is 152 g/mol. The molecule has 0 rings (SSSR count). The minimum Gasteiger partial charge on any atom is -0.375 e. The summed E-state index contributed by atoms with van der Waals surface area (Å²) in [5.74, 6) is 0. The second-order valence-corrected chi connectivity index (χ2v) is 3.02. The van der Waals surface area contributed by atoms with Crippen LogP contribution in [0.4, 0.5) is 0 Å². The Bertz CT molecular complexity index is 132. The summed E-state index contributed by atoms with van der Waals surface area (Å²) in [5, 5.41) is 0. The van der Waals surface area contributed by atoms with E-state index in [0.717, 1.165) is 11.1 Å². The zero-order chi connectivity index (χ0) is 9.40. The van der Waals surface area contributed by atoms with Crippen LogP contribution < -0.4 is 0 Å². The van der Waals surface area contributed by atoms with Crippen molar-refractivity contribution in [2.24, 2.45) is 0 Å². The molecule has 0 bridgehead atoms. The Balaban J connectivity index is 3.01. The van der Waals surface area contributed by atoms with Crippen molar-refractivity contribution in [3.05, 3.63) is 24.3 Å². The van der Waals surface area contributed by atoms with Crippen molar-refractivity contribution in [3.8, 4) is 0 Å². The van der Waals surface area contributed by atoms with Crippen LogP contribution in [0.5, 0.6) is 0 Å². The SMILES string of the molecule is C=C(C)COCCOCC(=C)C. The molecule has 0 aliphatic carbocycles. The molecule has 0 atom stereocenters. The predicted octanol–water partition coefficient (Wildman–Crippen LogP) is 2.17. The fourth-order valence-corrected chi connectivity index (χ4v) is 0.611. The Morgan fingerprint density at radius 1 is 0.917 bits per heavy atom. The molecule has 0 radical (unpaired) electrons. The van der Waals surface area contributed by atoms with E-state index in [1.54, 1.807) is 0 Å². The van der Waals surface area contributed by atoms with Gasteiger partial charge in [0.1, 0.15) is 0 Å². The summed E-state index contributed by atoms with van der Waals surface area (Å²) in [6.07, 6.45) is 0. The highest BCUT2D eigenvalue weighted by atomic mass is 16.5.